The highest BCUT2D eigenvalue weighted by Crippen LogP contribution is 2.38. The Morgan fingerprint density at radius 2 is 1.95 bits per heavy atom. The molecular weight excluding hydrogens is 326 g/mol. The topological polar surface area (TPSA) is 81.8 Å². The summed E-state index contributed by atoms with van der Waals surface area (Å²) in [4.78, 5) is 10.5. The molecule has 1 aliphatic heterocycles. The molecule has 1 aliphatic rings. The Bertz CT molecular complexity index is 492. The van der Waals surface area contributed by atoms with Crippen molar-refractivity contribution in [3.63, 3.8) is 0 Å². The Hall–Kier alpha value is -1.27. The first kappa shape index (κ1) is 15.1. The van der Waals surface area contributed by atoms with Crippen molar-refractivity contribution in [2.45, 2.75) is 31.7 Å². The van der Waals surface area contributed by atoms with Crippen molar-refractivity contribution < 1.29 is 19.4 Å². The van der Waals surface area contributed by atoms with Gasteiger partial charge in [0.1, 0.15) is 13.2 Å². The van der Waals surface area contributed by atoms with E-state index < -0.39 is 5.97 Å². The molecule has 0 bridgehead atoms. The van der Waals surface area contributed by atoms with Crippen LogP contribution in [0, 0.1) is 0 Å². The van der Waals surface area contributed by atoms with Gasteiger partial charge in [0.15, 0.2) is 11.5 Å². The molecule has 1 heterocycles. The van der Waals surface area contributed by atoms with Gasteiger partial charge < -0.3 is 20.3 Å². The number of ether oxygens (including phenoxy) is 2. The fourth-order valence-electron chi connectivity index (χ4n) is 2.16. The monoisotopic (exact) mass is 343 g/mol. The summed E-state index contributed by atoms with van der Waals surface area (Å²) in [6, 6.07) is 3.63. The second-order valence-electron chi connectivity index (χ2n) is 4.76. The lowest BCUT2D eigenvalue weighted by atomic mass is 10.0. The van der Waals surface area contributed by atoms with Crippen LogP contribution in [0.25, 0.3) is 0 Å². The molecule has 1 aromatic rings. The van der Waals surface area contributed by atoms with E-state index in [1.165, 1.54) is 0 Å². The van der Waals surface area contributed by atoms with E-state index in [4.69, 9.17) is 20.3 Å². The number of benzene rings is 1. The van der Waals surface area contributed by atoms with Crippen LogP contribution in [0.4, 0.5) is 0 Å². The van der Waals surface area contributed by atoms with E-state index in [-0.39, 0.29) is 12.5 Å². The lowest BCUT2D eigenvalue weighted by Gasteiger charge is -2.22. The number of rotatable bonds is 6. The fraction of sp³-hybridized carbons (Fsp3) is 0.500. The third-order valence-electron chi connectivity index (χ3n) is 3.22. The lowest BCUT2D eigenvalue weighted by molar-refractivity contribution is -0.137. The van der Waals surface area contributed by atoms with E-state index in [1.54, 1.807) is 0 Å². The summed E-state index contributed by atoms with van der Waals surface area (Å²) in [5, 5.41) is 8.60. The van der Waals surface area contributed by atoms with Gasteiger partial charge in [0.25, 0.3) is 0 Å². The van der Waals surface area contributed by atoms with Crippen molar-refractivity contribution >= 4 is 21.9 Å². The molecule has 0 radical (unpaired) electrons. The van der Waals surface area contributed by atoms with Gasteiger partial charge in [0, 0.05) is 16.9 Å². The minimum Gasteiger partial charge on any atom is -0.486 e. The highest BCUT2D eigenvalue weighted by Gasteiger charge is 2.18. The van der Waals surface area contributed by atoms with E-state index in [2.05, 4.69) is 15.9 Å². The SMILES string of the molecule is NC(CCCCC(=O)O)c1cc2c(cc1Br)OCCO2. The number of carbonyl (C=O) groups is 1. The van der Waals surface area contributed by atoms with Gasteiger partial charge in [-0.2, -0.15) is 0 Å². The Morgan fingerprint density at radius 3 is 2.60 bits per heavy atom. The molecule has 0 aliphatic carbocycles. The minimum atomic E-state index is -0.765. The van der Waals surface area contributed by atoms with Crippen molar-refractivity contribution in [3.8, 4) is 11.5 Å². The average molecular weight is 344 g/mol. The lowest BCUT2D eigenvalue weighted by Crippen LogP contribution is -2.17. The number of carboxylic acids is 1. The third-order valence-corrected chi connectivity index (χ3v) is 3.90. The zero-order valence-corrected chi connectivity index (χ0v) is 12.7. The van der Waals surface area contributed by atoms with Crippen LogP contribution < -0.4 is 15.2 Å². The summed E-state index contributed by atoms with van der Waals surface area (Å²) in [7, 11) is 0. The van der Waals surface area contributed by atoms with Gasteiger partial charge in [-0.3, -0.25) is 4.79 Å². The van der Waals surface area contributed by atoms with Gasteiger partial charge in [0.05, 0.1) is 0 Å². The number of carboxylic acid groups (broad SMARTS) is 1. The standard InChI is InChI=1S/C14H18BrNO4/c15-10-8-13-12(19-5-6-20-13)7-9(10)11(16)3-1-2-4-14(17)18/h7-8,11H,1-6,16H2,(H,17,18). The van der Waals surface area contributed by atoms with Gasteiger partial charge in [-0.25, -0.2) is 0 Å². The molecule has 0 fully saturated rings. The van der Waals surface area contributed by atoms with Crippen LogP contribution >= 0.6 is 15.9 Å². The Labute approximate surface area is 126 Å². The second-order valence-corrected chi connectivity index (χ2v) is 5.62. The summed E-state index contributed by atoms with van der Waals surface area (Å²) in [5.74, 6) is 0.680. The molecule has 3 N–H and O–H groups in total. The van der Waals surface area contributed by atoms with E-state index in [1.807, 2.05) is 12.1 Å². The molecular formula is C14H18BrNO4. The molecule has 0 spiro atoms. The average Bonchev–Trinajstić information content (AvgIpc) is 2.42. The first-order chi connectivity index (χ1) is 9.58. The number of unbranched alkanes of at least 4 members (excludes halogenated alkanes) is 1. The van der Waals surface area contributed by atoms with Gasteiger partial charge in [-0.15, -0.1) is 0 Å². The molecule has 1 atom stereocenters. The van der Waals surface area contributed by atoms with Crippen molar-refractivity contribution in [2.24, 2.45) is 5.73 Å². The Balaban J connectivity index is 1.98. The molecule has 20 heavy (non-hydrogen) atoms. The first-order valence-electron chi connectivity index (χ1n) is 6.64. The Morgan fingerprint density at radius 1 is 1.30 bits per heavy atom. The number of aliphatic carboxylic acids is 1. The number of halogens is 1. The van der Waals surface area contributed by atoms with Crippen LogP contribution in [-0.4, -0.2) is 24.3 Å². The van der Waals surface area contributed by atoms with E-state index in [0.717, 1.165) is 34.4 Å². The highest BCUT2D eigenvalue weighted by molar-refractivity contribution is 9.10. The second kappa shape index (κ2) is 6.95. The minimum absolute atomic E-state index is 0.144. The quantitative estimate of drug-likeness (QED) is 0.776. The summed E-state index contributed by atoms with van der Waals surface area (Å²) in [6.45, 7) is 1.10. The largest absolute Gasteiger partial charge is 0.486 e. The molecule has 1 aromatic carbocycles. The van der Waals surface area contributed by atoms with Gasteiger partial charge in [0.2, 0.25) is 0 Å². The van der Waals surface area contributed by atoms with E-state index >= 15 is 0 Å². The number of fused-ring (bicyclic) bond motifs is 1. The summed E-state index contributed by atoms with van der Waals surface area (Å²) >= 11 is 3.50. The molecule has 110 valence electrons. The van der Waals surface area contributed by atoms with E-state index in [0.29, 0.717) is 19.6 Å². The van der Waals surface area contributed by atoms with Crippen LogP contribution in [-0.2, 0) is 4.79 Å². The maximum Gasteiger partial charge on any atom is 0.303 e. The van der Waals surface area contributed by atoms with Crippen LogP contribution in [0.15, 0.2) is 16.6 Å². The fourth-order valence-corrected chi connectivity index (χ4v) is 2.78. The summed E-state index contributed by atoms with van der Waals surface area (Å²) < 4.78 is 11.9. The molecule has 2 rings (SSSR count). The number of hydrogen-bond acceptors (Lipinski definition) is 4. The van der Waals surface area contributed by atoms with Crippen LogP contribution in [0.3, 0.4) is 0 Å². The zero-order chi connectivity index (χ0) is 14.5. The summed E-state index contributed by atoms with van der Waals surface area (Å²) in [6.07, 6.45) is 2.36. The molecule has 6 heteroatoms. The maximum absolute atomic E-state index is 10.5. The summed E-state index contributed by atoms with van der Waals surface area (Å²) in [5.41, 5.74) is 7.13. The van der Waals surface area contributed by atoms with Crippen molar-refractivity contribution in [1.29, 1.82) is 0 Å². The predicted molar refractivity (Wildman–Crippen MR) is 78.2 cm³/mol. The van der Waals surface area contributed by atoms with Gasteiger partial charge >= 0.3 is 5.97 Å². The van der Waals surface area contributed by atoms with Crippen LogP contribution in [0.5, 0.6) is 11.5 Å². The smallest absolute Gasteiger partial charge is 0.303 e. The van der Waals surface area contributed by atoms with Crippen LogP contribution in [0.2, 0.25) is 0 Å². The van der Waals surface area contributed by atoms with Crippen molar-refractivity contribution in [2.75, 3.05) is 13.2 Å². The van der Waals surface area contributed by atoms with Crippen molar-refractivity contribution in [3.05, 3.63) is 22.2 Å². The highest BCUT2D eigenvalue weighted by atomic mass is 79.9. The third kappa shape index (κ3) is 3.86. The molecule has 1 unspecified atom stereocenters. The normalized spacial score (nSPS) is 14.9. The van der Waals surface area contributed by atoms with Crippen LogP contribution in [0.1, 0.15) is 37.3 Å². The Kier molecular flexibility index (Phi) is 5.25. The molecule has 0 saturated carbocycles. The predicted octanol–water partition coefficient (Wildman–Crippen LogP) is 2.87. The molecule has 5 nitrogen and oxygen atoms in total. The first-order valence-corrected chi connectivity index (χ1v) is 7.43. The zero-order valence-electron chi connectivity index (χ0n) is 11.1. The number of nitrogens with two attached hydrogens (primary N) is 1. The molecule has 0 saturated heterocycles. The molecule has 0 aromatic heterocycles. The van der Waals surface area contributed by atoms with Gasteiger partial charge in [-0.05, 0) is 30.5 Å². The number of hydrogen-bond donors (Lipinski definition) is 2. The van der Waals surface area contributed by atoms with E-state index in [9.17, 15) is 4.79 Å². The van der Waals surface area contributed by atoms with Crippen molar-refractivity contribution in [1.82, 2.24) is 0 Å². The van der Waals surface area contributed by atoms with Gasteiger partial charge in [-0.1, -0.05) is 22.4 Å². The maximum atomic E-state index is 10.5. The molecule has 0 amide bonds.